The minimum Gasteiger partial charge on any atom is -0.481 e. The Morgan fingerprint density at radius 1 is 1.19 bits per heavy atom. The van der Waals surface area contributed by atoms with Crippen molar-refractivity contribution in [3.8, 4) is 0 Å². The van der Waals surface area contributed by atoms with E-state index in [4.69, 9.17) is 10.2 Å². The van der Waals surface area contributed by atoms with Crippen molar-refractivity contribution in [2.75, 3.05) is 0 Å². The largest absolute Gasteiger partial charge is 0.481 e. The maximum atomic E-state index is 13.4. The SMILES string of the molecule is O=C(O)CCC(NS(=O)(=O)c1c(F)cccc1F)C(=O)O. The van der Waals surface area contributed by atoms with Crippen LogP contribution in [0.4, 0.5) is 8.78 Å². The zero-order valence-corrected chi connectivity index (χ0v) is 11.2. The first-order chi connectivity index (χ1) is 9.65. The molecule has 0 spiro atoms. The van der Waals surface area contributed by atoms with Crippen LogP contribution < -0.4 is 4.72 Å². The Kier molecular flexibility index (Phi) is 5.33. The maximum absolute atomic E-state index is 13.4. The van der Waals surface area contributed by atoms with Crippen molar-refractivity contribution in [1.82, 2.24) is 4.72 Å². The summed E-state index contributed by atoms with van der Waals surface area (Å²) in [5.74, 6) is -5.76. The number of halogens is 2. The normalized spacial score (nSPS) is 12.9. The van der Waals surface area contributed by atoms with Gasteiger partial charge < -0.3 is 10.2 Å². The number of benzene rings is 1. The number of carboxylic acids is 2. The highest BCUT2D eigenvalue weighted by Crippen LogP contribution is 2.18. The fourth-order valence-electron chi connectivity index (χ4n) is 1.49. The summed E-state index contributed by atoms with van der Waals surface area (Å²) in [4.78, 5) is 20.0. The topological polar surface area (TPSA) is 121 Å². The first-order valence-electron chi connectivity index (χ1n) is 5.56. The van der Waals surface area contributed by atoms with E-state index in [1.165, 1.54) is 0 Å². The van der Waals surface area contributed by atoms with Crippen LogP contribution in [0.25, 0.3) is 0 Å². The monoisotopic (exact) mass is 323 g/mol. The van der Waals surface area contributed by atoms with Crippen LogP contribution in [0, 0.1) is 11.6 Å². The summed E-state index contributed by atoms with van der Waals surface area (Å²) in [6, 6.07) is 0.531. The lowest BCUT2D eigenvalue weighted by molar-refractivity contribution is -0.140. The lowest BCUT2D eigenvalue weighted by Crippen LogP contribution is -2.41. The Labute approximate surface area is 118 Å². The molecule has 0 saturated heterocycles. The molecule has 21 heavy (non-hydrogen) atoms. The van der Waals surface area contributed by atoms with E-state index in [-0.39, 0.29) is 0 Å². The van der Waals surface area contributed by atoms with Crippen molar-refractivity contribution in [2.45, 2.75) is 23.8 Å². The molecule has 3 N–H and O–H groups in total. The molecule has 0 amide bonds. The number of sulfonamides is 1. The average Bonchev–Trinajstić information content (AvgIpc) is 2.33. The van der Waals surface area contributed by atoms with Crippen LogP contribution in [0.1, 0.15) is 12.8 Å². The molecule has 116 valence electrons. The van der Waals surface area contributed by atoms with Gasteiger partial charge in [-0.25, -0.2) is 17.2 Å². The van der Waals surface area contributed by atoms with Gasteiger partial charge >= 0.3 is 11.9 Å². The molecule has 10 heteroatoms. The van der Waals surface area contributed by atoms with Gasteiger partial charge in [0.1, 0.15) is 17.7 Å². The lowest BCUT2D eigenvalue weighted by Gasteiger charge is -2.14. The number of rotatable bonds is 7. The summed E-state index contributed by atoms with van der Waals surface area (Å²) < 4.78 is 52.1. The van der Waals surface area contributed by atoms with E-state index in [1.54, 1.807) is 4.72 Å². The van der Waals surface area contributed by atoms with Crippen LogP contribution in [0.3, 0.4) is 0 Å². The summed E-state index contributed by atoms with van der Waals surface area (Å²) in [6.07, 6.45) is -1.20. The molecule has 0 aliphatic carbocycles. The van der Waals surface area contributed by atoms with Gasteiger partial charge in [-0.15, -0.1) is 0 Å². The van der Waals surface area contributed by atoms with Gasteiger partial charge in [0.05, 0.1) is 0 Å². The highest BCUT2D eigenvalue weighted by atomic mass is 32.2. The first-order valence-corrected chi connectivity index (χ1v) is 7.04. The molecule has 1 atom stereocenters. The van der Waals surface area contributed by atoms with Crippen LogP contribution in [0.5, 0.6) is 0 Å². The number of aliphatic carboxylic acids is 2. The number of nitrogens with one attached hydrogen (secondary N) is 1. The number of hydrogen-bond acceptors (Lipinski definition) is 4. The van der Waals surface area contributed by atoms with Crippen molar-refractivity contribution in [3.63, 3.8) is 0 Å². The molecule has 0 aliphatic heterocycles. The van der Waals surface area contributed by atoms with E-state index in [2.05, 4.69) is 0 Å². The zero-order chi connectivity index (χ0) is 16.2. The van der Waals surface area contributed by atoms with Crippen molar-refractivity contribution in [1.29, 1.82) is 0 Å². The minimum absolute atomic E-state index is 0.569. The van der Waals surface area contributed by atoms with E-state index in [9.17, 15) is 26.8 Å². The van der Waals surface area contributed by atoms with Crippen molar-refractivity contribution >= 4 is 22.0 Å². The molecule has 7 nitrogen and oxygen atoms in total. The van der Waals surface area contributed by atoms with Gasteiger partial charge in [-0.2, -0.15) is 4.72 Å². The number of carboxylic acid groups (broad SMARTS) is 2. The van der Waals surface area contributed by atoms with Gasteiger partial charge in [0.2, 0.25) is 10.0 Å². The lowest BCUT2D eigenvalue weighted by atomic mass is 10.2. The van der Waals surface area contributed by atoms with E-state index in [0.29, 0.717) is 12.1 Å². The smallest absolute Gasteiger partial charge is 0.321 e. The highest BCUT2D eigenvalue weighted by molar-refractivity contribution is 7.89. The Balaban J connectivity index is 3.07. The van der Waals surface area contributed by atoms with Crippen LogP contribution in [-0.2, 0) is 19.6 Å². The van der Waals surface area contributed by atoms with E-state index < -0.39 is 57.4 Å². The molecule has 1 unspecified atom stereocenters. The van der Waals surface area contributed by atoms with Crippen LogP contribution in [-0.4, -0.2) is 36.6 Å². The Morgan fingerprint density at radius 2 is 1.71 bits per heavy atom. The fraction of sp³-hybridized carbons (Fsp3) is 0.273. The third kappa shape index (κ3) is 4.46. The third-order valence-corrected chi connectivity index (χ3v) is 3.95. The predicted molar refractivity (Wildman–Crippen MR) is 65.0 cm³/mol. The summed E-state index contributed by atoms with van der Waals surface area (Å²) in [7, 11) is -4.79. The second kappa shape index (κ2) is 6.59. The summed E-state index contributed by atoms with van der Waals surface area (Å²) in [5, 5.41) is 17.3. The Bertz CT molecular complexity index is 640. The molecule has 1 rings (SSSR count). The maximum Gasteiger partial charge on any atom is 0.321 e. The van der Waals surface area contributed by atoms with Gasteiger partial charge in [0, 0.05) is 6.42 Å². The standard InChI is InChI=1S/C11H11F2NO6S/c12-6-2-1-3-7(13)10(6)21(19,20)14-8(11(17)18)4-5-9(15)16/h1-3,8,14H,4-5H2,(H,15,16)(H,17,18). The molecule has 0 aromatic heterocycles. The number of carbonyl (C=O) groups is 2. The predicted octanol–water partition coefficient (Wildman–Crippen LogP) is 0.561. The van der Waals surface area contributed by atoms with E-state index in [0.717, 1.165) is 6.07 Å². The number of hydrogen-bond donors (Lipinski definition) is 3. The Morgan fingerprint density at radius 3 is 2.14 bits per heavy atom. The van der Waals surface area contributed by atoms with Crippen molar-refractivity contribution in [2.24, 2.45) is 0 Å². The van der Waals surface area contributed by atoms with Gasteiger partial charge in [-0.3, -0.25) is 9.59 Å². The molecular weight excluding hydrogens is 312 g/mol. The molecule has 0 heterocycles. The van der Waals surface area contributed by atoms with Crippen LogP contribution >= 0.6 is 0 Å². The summed E-state index contributed by atoms with van der Waals surface area (Å²) in [5.41, 5.74) is 0. The molecule has 0 radical (unpaired) electrons. The van der Waals surface area contributed by atoms with Crippen molar-refractivity contribution < 1.29 is 37.0 Å². The highest BCUT2D eigenvalue weighted by Gasteiger charge is 2.30. The summed E-state index contributed by atoms with van der Waals surface area (Å²) in [6.45, 7) is 0. The van der Waals surface area contributed by atoms with Gasteiger partial charge in [0.15, 0.2) is 4.90 Å². The molecule has 1 aromatic rings. The second-order valence-corrected chi connectivity index (χ2v) is 5.65. The summed E-state index contributed by atoms with van der Waals surface area (Å²) >= 11 is 0. The molecule has 0 aliphatic rings. The van der Waals surface area contributed by atoms with Gasteiger partial charge in [-0.05, 0) is 18.6 Å². The van der Waals surface area contributed by atoms with Crippen LogP contribution in [0.2, 0.25) is 0 Å². The molecular formula is C11H11F2NO6S. The van der Waals surface area contributed by atoms with E-state index >= 15 is 0 Å². The average molecular weight is 323 g/mol. The first kappa shape index (κ1) is 17.0. The fourth-order valence-corrected chi connectivity index (χ4v) is 2.85. The van der Waals surface area contributed by atoms with E-state index in [1.807, 2.05) is 0 Å². The second-order valence-electron chi connectivity index (χ2n) is 4.00. The quantitative estimate of drug-likeness (QED) is 0.674. The minimum atomic E-state index is -4.79. The molecule has 0 fully saturated rings. The zero-order valence-electron chi connectivity index (χ0n) is 10.4. The van der Waals surface area contributed by atoms with Crippen molar-refractivity contribution in [3.05, 3.63) is 29.8 Å². The van der Waals surface area contributed by atoms with Gasteiger partial charge in [-0.1, -0.05) is 6.07 Å². The van der Waals surface area contributed by atoms with Gasteiger partial charge in [0.25, 0.3) is 0 Å². The molecule has 1 aromatic carbocycles. The van der Waals surface area contributed by atoms with Crippen LogP contribution in [0.15, 0.2) is 23.1 Å². The molecule has 0 bridgehead atoms. The third-order valence-electron chi connectivity index (χ3n) is 2.43. The molecule has 0 saturated carbocycles. The Hall–Kier alpha value is -2.07.